The van der Waals surface area contributed by atoms with Gasteiger partial charge in [-0.1, -0.05) is 6.92 Å². The average molecular weight is 174 g/mol. The standard InChI is InChI=1S/C9H18O3/c1-3-7-11-8-5-6-9(10)12-4-2/h3-8H2,1-2H3. The zero-order valence-corrected chi connectivity index (χ0v) is 7.97. The number of carbonyl (C=O) groups is 1. The van der Waals surface area contributed by atoms with Gasteiger partial charge in [0, 0.05) is 19.6 Å². The van der Waals surface area contributed by atoms with Crippen LogP contribution in [0.5, 0.6) is 0 Å². The number of rotatable bonds is 7. The fourth-order valence-electron chi connectivity index (χ4n) is 0.798. The van der Waals surface area contributed by atoms with E-state index in [0.29, 0.717) is 19.6 Å². The first kappa shape index (κ1) is 11.4. The van der Waals surface area contributed by atoms with E-state index in [4.69, 9.17) is 9.47 Å². The first-order valence-corrected chi connectivity index (χ1v) is 4.54. The smallest absolute Gasteiger partial charge is 0.305 e. The Morgan fingerprint density at radius 2 is 2.00 bits per heavy atom. The Morgan fingerprint density at radius 3 is 2.58 bits per heavy atom. The summed E-state index contributed by atoms with van der Waals surface area (Å²) >= 11 is 0. The predicted octanol–water partition coefficient (Wildman–Crippen LogP) is 1.76. The molecule has 0 aliphatic carbocycles. The SMILES string of the molecule is CCCOCCCC(=O)OCC. The Bertz CT molecular complexity index is 112. The Morgan fingerprint density at radius 1 is 1.25 bits per heavy atom. The third-order valence-corrected chi connectivity index (χ3v) is 1.32. The highest BCUT2D eigenvalue weighted by Crippen LogP contribution is 1.94. The van der Waals surface area contributed by atoms with Crippen molar-refractivity contribution in [2.45, 2.75) is 33.1 Å². The van der Waals surface area contributed by atoms with Crippen molar-refractivity contribution < 1.29 is 14.3 Å². The van der Waals surface area contributed by atoms with Crippen LogP contribution in [0.3, 0.4) is 0 Å². The summed E-state index contributed by atoms with van der Waals surface area (Å²) in [6.07, 6.45) is 2.26. The number of esters is 1. The molecular weight excluding hydrogens is 156 g/mol. The molecule has 0 bridgehead atoms. The minimum atomic E-state index is -0.127. The van der Waals surface area contributed by atoms with Gasteiger partial charge in [0.05, 0.1) is 6.61 Å². The molecular formula is C9H18O3. The van der Waals surface area contributed by atoms with Crippen molar-refractivity contribution in [2.75, 3.05) is 19.8 Å². The summed E-state index contributed by atoms with van der Waals surface area (Å²) in [6.45, 7) is 5.78. The van der Waals surface area contributed by atoms with E-state index >= 15 is 0 Å². The van der Waals surface area contributed by atoms with Crippen LogP contribution >= 0.6 is 0 Å². The Kier molecular flexibility index (Phi) is 8.12. The zero-order valence-electron chi connectivity index (χ0n) is 7.97. The predicted molar refractivity (Wildman–Crippen MR) is 47.0 cm³/mol. The molecule has 0 rings (SSSR count). The van der Waals surface area contributed by atoms with Gasteiger partial charge in [0.25, 0.3) is 0 Å². The van der Waals surface area contributed by atoms with Crippen molar-refractivity contribution in [3.63, 3.8) is 0 Å². The Hall–Kier alpha value is -0.570. The largest absolute Gasteiger partial charge is 0.466 e. The monoisotopic (exact) mass is 174 g/mol. The molecule has 0 fully saturated rings. The molecule has 0 heterocycles. The van der Waals surface area contributed by atoms with Crippen LogP contribution in [0.4, 0.5) is 0 Å². The molecule has 3 nitrogen and oxygen atoms in total. The topological polar surface area (TPSA) is 35.5 Å². The van der Waals surface area contributed by atoms with Crippen molar-refractivity contribution in [1.82, 2.24) is 0 Å². The second kappa shape index (κ2) is 8.53. The lowest BCUT2D eigenvalue weighted by molar-refractivity contribution is -0.143. The van der Waals surface area contributed by atoms with E-state index in [1.54, 1.807) is 0 Å². The molecule has 0 spiro atoms. The third kappa shape index (κ3) is 7.54. The quantitative estimate of drug-likeness (QED) is 0.436. The molecule has 0 aliphatic heterocycles. The van der Waals surface area contributed by atoms with Crippen molar-refractivity contribution in [3.8, 4) is 0 Å². The van der Waals surface area contributed by atoms with Crippen LogP contribution in [-0.4, -0.2) is 25.8 Å². The molecule has 72 valence electrons. The lowest BCUT2D eigenvalue weighted by atomic mass is 10.3. The van der Waals surface area contributed by atoms with Gasteiger partial charge in [-0.05, 0) is 19.8 Å². The van der Waals surface area contributed by atoms with Gasteiger partial charge in [0.15, 0.2) is 0 Å². The maximum Gasteiger partial charge on any atom is 0.305 e. The van der Waals surface area contributed by atoms with Crippen molar-refractivity contribution in [3.05, 3.63) is 0 Å². The highest BCUT2D eigenvalue weighted by Gasteiger charge is 1.99. The fourth-order valence-corrected chi connectivity index (χ4v) is 0.798. The molecule has 12 heavy (non-hydrogen) atoms. The summed E-state index contributed by atoms with van der Waals surface area (Å²) in [5.74, 6) is -0.127. The Balaban J connectivity index is 3.03. The van der Waals surface area contributed by atoms with E-state index in [1.807, 2.05) is 6.92 Å². The molecule has 3 heteroatoms. The maximum atomic E-state index is 10.8. The molecule has 0 aromatic heterocycles. The minimum absolute atomic E-state index is 0.127. The first-order chi connectivity index (χ1) is 5.81. The first-order valence-electron chi connectivity index (χ1n) is 4.54. The fraction of sp³-hybridized carbons (Fsp3) is 0.889. The zero-order chi connectivity index (χ0) is 9.23. The van der Waals surface area contributed by atoms with Gasteiger partial charge >= 0.3 is 5.97 Å². The number of hydrogen-bond acceptors (Lipinski definition) is 3. The molecule has 0 aromatic carbocycles. The van der Waals surface area contributed by atoms with E-state index in [-0.39, 0.29) is 5.97 Å². The number of hydrogen-bond donors (Lipinski definition) is 0. The molecule has 0 saturated heterocycles. The number of ether oxygens (including phenoxy) is 2. The molecule has 0 saturated carbocycles. The van der Waals surface area contributed by atoms with Gasteiger partial charge in [-0.3, -0.25) is 4.79 Å². The molecule has 0 aliphatic rings. The summed E-state index contributed by atoms with van der Waals surface area (Å²) < 4.78 is 9.96. The molecule has 0 aromatic rings. The highest BCUT2D eigenvalue weighted by atomic mass is 16.5. The van der Waals surface area contributed by atoms with E-state index in [2.05, 4.69) is 6.92 Å². The van der Waals surface area contributed by atoms with Gasteiger partial charge in [-0.25, -0.2) is 0 Å². The lowest BCUT2D eigenvalue weighted by Gasteiger charge is -2.02. The molecule has 0 radical (unpaired) electrons. The minimum Gasteiger partial charge on any atom is -0.466 e. The van der Waals surface area contributed by atoms with E-state index < -0.39 is 0 Å². The van der Waals surface area contributed by atoms with Gasteiger partial charge in [0.2, 0.25) is 0 Å². The van der Waals surface area contributed by atoms with Crippen LogP contribution in [0.1, 0.15) is 33.1 Å². The number of carbonyl (C=O) groups excluding carboxylic acids is 1. The van der Waals surface area contributed by atoms with Gasteiger partial charge in [-0.2, -0.15) is 0 Å². The van der Waals surface area contributed by atoms with Crippen molar-refractivity contribution >= 4 is 5.97 Å². The van der Waals surface area contributed by atoms with E-state index in [0.717, 1.165) is 19.4 Å². The lowest BCUT2D eigenvalue weighted by Crippen LogP contribution is -2.05. The van der Waals surface area contributed by atoms with E-state index in [9.17, 15) is 4.79 Å². The van der Waals surface area contributed by atoms with Crippen molar-refractivity contribution in [1.29, 1.82) is 0 Å². The van der Waals surface area contributed by atoms with E-state index in [1.165, 1.54) is 0 Å². The average Bonchev–Trinajstić information content (AvgIpc) is 2.05. The van der Waals surface area contributed by atoms with Crippen LogP contribution in [-0.2, 0) is 14.3 Å². The summed E-state index contributed by atoms with van der Waals surface area (Å²) in [6, 6.07) is 0. The summed E-state index contributed by atoms with van der Waals surface area (Å²) in [7, 11) is 0. The van der Waals surface area contributed by atoms with Crippen molar-refractivity contribution in [2.24, 2.45) is 0 Å². The third-order valence-electron chi connectivity index (χ3n) is 1.32. The summed E-state index contributed by atoms with van der Waals surface area (Å²) in [5, 5.41) is 0. The van der Waals surface area contributed by atoms with Gasteiger partial charge in [0.1, 0.15) is 0 Å². The highest BCUT2D eigenvalue weighted by molar-refractivity contribution is 5.69. The summed E-state index contributed by atoms with van der Waals surface area (Å²) in [4.78, 5) is 10.8. The van der Waals surface area contributed by atoms with Gasteiger partial charge in [-0.15, -0.1) is 0 Å². The normalized spacial score (nSPS) is 9.83. The summed E-state index contributed by atoms with van der Waals surface area (Å²) in [5.41, 5.74) is 0. The molecule has 0 amide bonds. The second-order valence-corrected chi connectivity index (χ2v) is 2.52. The van der Waals surface area contributed by atoms with Crippen LogP contribution in [0, 0.1) is 0 Å². The van der Waals surface area contributed by atoms with Crippen LogP contribution in [0.15, 0.2) is 0 Å². The van der Waals surface area contributed by atoms with Crippen LogP contribution in [0.2, 0.25) is 0 Å². The molecule has 0 N–H and O–H groups in total. The van der Waals surface area contributed by atoms with Crippen LogP contribution < -0.4 is 0 Å². The Labute approximate surface area is 74.0 Å². The molecule has 0 unspecified atom stereocenters. The maximum absolute atomic E-state index is 10.8. The van der Waals surface area contributed by atoms with Gasteiger partial charge < -0.3 is 9.47 Å². The second-order valence-electron chi connectivity index (χ2n) is 2.52. The molecule has 0 atom stereocenters. The van der Waals surface area contributed by atoms with Crippen LogP contribution in [0.25, 0.3) is 0 Å².